The van der Waals surface area contributed by atoms with Crippen LogP contribution in [-0.2, 0) is 19.2 Å². The van der Waals surface area contributed by atoms with Gasteiger partial charge < -0.3 is 5.11 Å². The van der Waals surface area contributed by atoms with Gasteiger partial charge in [0, 0.05) is 11.5 Å². The number of carbonyl (C=O) groups excluding carboxylic acids is 4. The highest BCUT2D eigenvalue weighted by atomic mass is 79.9. The number of aromatic hydroxyl groups is 1. The molecule has 0 unspecified atom stereocenters. The molecule has 2 saturated heterocycles. The van der Waals surface area contributed by atoms with Crippen molar-refractivity contribution in [2.24, 2.45) is 17.8 Å². The summed E-state index contributed by atoms with van der Waals surface area (Å²) in [5, 5.41) is 15.0. The lowest BCUT2D eigenvalue weighted by molar-refractivity contribution is -0.138. The number of phenols is 1. The number of phenolic OH excluding ortho intramolecular Hbond substituents is 1. The van der Waals surface area contributed by atoms with Crippen LogP contribution in [0.25, 0.3) is 10.8 Å². The number of carbonyl (C=O) groups is 4. The first-order chi connectivity index (χ1) is 16.6. The molecule has 3 fully saturated rings. The summed E-state index contributed by atoms with van der Waals surface area (Å²) < 4.78 is 0. The smallest absolute Gasteiger partial charge is 0.254 e. The van der Waals surface area contributed by atoms with E-state index in [9.17, 15) is 24.3 Å². The molecule has 0 radical (unpaired) electrons. The minimum atomic E-state index is -1.95. The first-order valence-electron chi connectivity index (χ1n) is 11.2. The molecule has 2 heterocycles. The van der Waals surface area contributed by atoms with Gasteiger partial charge >= 0.3 is 0 Å². The van der Waals surface area contributed by atoms with Gasteiger partial charge in [0.15, 0.2) is 9.75 Å². The van der Waals surface area contributed by atoms with Crippen LogP contribution in [0, 0.1) is 17.8 Å². The molecule has 35 heavy (non-hydrogen) atoms. The molecule has 0 aromatic heterocycles. The van der Waals surface area contributed by atoms with Gasteiger partial charge in [-0.2, -0.15) is 0 Å². The Balaban J connectivity index is 1.68. The summed E-state index contributed by atoms with van der Waals surface area (Å²) in [6.45, 7) is 0. The molecule has 6 rings (SSSR count). The van der Waals surface area contributed by atoms with Gasteiger partial charge in [-0.1, -0.05) is 57.9 Å². The Labute approximate surface area is 218 Å². The molecule has 4 aliphatic rings. The van der Waals surface area contributed by atoms with Crippen LogP contribution in [0.4, 0.5) is 0 Å². The summed E-state index contributed by atoms with van der Waals surface area (Å²) in [7, 11) is 0. The third-order valence-electron chi connectivity index (χ3n) is 8.09. The largest absolute Gasteiger partial charge is 0.508 e. The van der Waals surface area contributed by atoms with E-state index in [4.69, 9.17) is 23.2 Å². The maximum Gasteiger partial charge on any atom is 0.254 e. The zero-order chi connectivity index (χ0) is 24.9. The number of rotatable bonds is 2. The van der Waals surface area contributed by atoms with Crippen LogP contribution in [0.3, 0.4) is 0 Å². The molecule has 2 aliphatic heterocycles. The number of allylic oxidation sites excluding steroid dienone is 2. The fourth-order valence-corrected chi connectivity index (χ4v) is 7.98. The number of hydrogen-bond donors (Lipinski definition) is 2. The van der Waals surface area contributed by atoms with Crippen molar-refractivity contribution in [2.75, 3.05) is 5.45 Å². The number of halogens is 3. The number of nitrogens with zero attached hydrogens (tertiary/aromatic N) is 1. The van der Waals surface area contributed by atoms with Gasteiger partial charge in [0.05, 0.1) is 17.3 Å². The Morgan fingerprint density at radius 2 is 1.77 bits per heavy atom. The SMILES string of the molecule is O=C1NC(=O)[C@H]2CC=C3[C@@H](C[C@@]4(Cl)C(=O)N(CBr)C(=O)[C@@]4(Cl)[C@H]3c3c(O)ccc4ccccc34)[C@@H]12. The highest BCUT2D eigenvalue weighted by Gasteiger charge is 2.76. The molecule has 2 aliphatic carbocycles. The van der Waals surface area contributed by atoms with E-state index in [-0.39, 0.29) is 30.0 Å². The molecule has 0 bridgehead atoms. The van der Waals surface area contributed by atoms with Crippen molar-refractivity contribution < 1.29 is 24.3 Å². The van der Waals surface area contributed by atoms with Crippen LogP contribution >= 0.6 is 39.1 Å². The number of hydrogen-bond acceptors (Lipinski definition) is 5. The van der Waals surface area contributed by atoms with Crippen molar-refractivity contribution in [1.29, 1.82) is 0 Å². The van der Waals surface area contributed by atoms with E-state index in [1.165, 1.54) is 6.07 Å². The molecule has 6 atom stereocenters. The van der Waals surface area contributed by atoms with E-state index in [0.717, 1.165) is 10.3 Å². The summed E-state index contributed by atoms with van der Waals surface area (Å²) in [5.74, 6) is -5.14. The number of alkyl halides is 3. The lowest BCUT2D eigenvalue weighted by Gasteiger charge is -2.51. The van der Waals surface area contributed by atoms with Gasteiger partial charge in [-0.05, 0) is 35.6 Å². The van der Waals surface area contributed by atoms with Crippen molar-refractivity contribution in [3.05, 3.63) is 53.6 Å². The predicted molar refractivity (Wildman–Crippen MR) is 132 cm³/mol. The average Bonchev–Trinajstić information content (AvgIpc) is 3.21. The lowest BCUT2D eigenvalue weighted by atomic mass is 9.56. The van der Waals surface area contributed by atoms with Gasteiger partial charge in [0.25, 0.3) is 11.8 Å². The molecule has 0 spiro atoms. The predicted octanol–water partition coefficient (Wildman–Crippen LogP) is 3.54. The van der Waals surface area contributed by atoms with E-state index in [1.807, 2.05) is 24.3 Å². The second kappa shape index (κ2) is 7.54. The Morgan fingerprint density at radius 1 is 1.03 bits per heavy atom. The number of likely N-dealkylation sites (tertiary alicyclic amines) is 1. The standard InChI is InChI=1S/C25H19BrCl2N2O5/c26-10-30-22(34)24(27)9-15-13(6-7-14-17(15)21(33)29-20(14)32)19(25(24,28)23(30)35)18-12-4-2-1-3-11(12)5-8-16(18)31/h1-6,8,14-15,17,19,31H,7,9-10H2,(H,29,32,33)/t14-,15+,17-,19+,24+,25-/m0/s1. The first-order valence-corrected chi connectivity index (χ1v) is 13.1. The topological polar surface area (TPSA) is 104 Å². The molecule has 2 N–H and O–H groups in total. The second-order valence-electron chi connectivity index (χ2n) is 9.56. The highest BCUT2D eigenvalue weighted by molar-refractivity contribution is 9.09. The molecule has 7 nitrogen and oxygen atoms in total. The molecule has 2 aromatic carbocycles. The summed E-state index contributed by atoms with van der Waals surface area (Å²) in [6.07, 6.45) is 2.04. The Morgan fingerprint density at radius 3 is 2.51 bits per heavy atom. The zero-order valence-corrected chi connectivity index (χ0v) is 21.2. The van der Waals surface area contributed by atoms with Crippen LogP contribution in [0.2, 0.25) is 0 Å². The summed E-state index contributed by atoms with van der Waals surface area (Å²) in [5.41, 5.74) is 0.919. The minimum absolute atomic E-state index is 0.0815. The van der Waals surface area contributed by atoms with E-state index < -0.39 is 51.1 Å². The Hall–Kier alpha value is -2.42. The minimum Gasteiger partial charge on any atom is -0.508 e. The molecule has 4 amide bonds. The third kappa shape index (κ3) is 2.73. The second-order valence-corrected chi connectivity index (χ2v) is 11.3. The Kier molecular flexibility index (Phi) is 4.96. The van der Waals surface area contributed by atoms with Gasteiger partial charge in [-0.25, -0.2) is 0 Å². The summed E-state index contributed by atoms with van der Waals surface area (Å²) in [4.78, 5) is 49.8. The number of nitrogens with one attached hydrogen (secondary N) is 1. The van der Waals surface area contributed by atoms with Crippen LogP contribution in [0.15, 0.2) is 48.0 Å². The summed E-state index contributed by atoms with van der Waals surface area (Å²) in [6, 6.07) is 10.6. The highest BCUT2D eigenvalue weighted by Crippen LogP contribution is 2.66. The van der Waals surface area contributed by atoms with E-state index >= 15 is 0 Å². The van der Waals surface area contributed by atoms with Crippen molar-refractivity contribution >= 4 is 73.5 Å². The monoisotopic (exact) mass is 576 g/mol. The first kappa shape index (κ1) is 23.0. The van der Waals surface area contributed by atoms with E-state index in [1.54, 1.807) is 12.1 Å². The number of fused-ring (bicyclic) bond motifs is 5. The van der Waals surface area contributed by atoms with Crippen LogP contribution in [-0.4, -0.2) is 48.8 Å². The molecule has 1 saturated carbocycles. The molecule has 2 aromatic rings. The lowest BCUT2D eigenvalue weighted by Crippen LogP contribution is -2.60. The van der Waals surface area contributed by atoms with Gasteiger partial charge in [0.1, 0.15) is 5.75 Å². The fraction of sp³-hybridized carbons (Fsp3) is 0.360. The maximum absolute atomic E-state index is 13.8. The summed E-state index contributed by atoms with van der Waals surface area (Å²) >= 11 is 17.5. The zero-order valence-electron chi connectivity index (χ0n) is 18.1. The molecular weight excluding hydrogens is 559 g/mol. The van der Waals surface area contributed by atoms with Crippen LogP contribution < -0.4 is 5.32 Å². The van der Waals surface area contributed by atoms with Crippen LogP contribution in [0.5, 0.6) is 5.75 Å². The van der Waals surface area contributed by atoms with Crippen LogP contribution in [0.1, 0.15) is 24.3 Å². The maximum atomic E-state index is 13.8. The fourth-order valence-electron chi connectivity index (χ4n) is 6.57. The average molecular weight is 578 g/mol. The quantitative estimate of drug-likeness (QED) is 0.246. The number of imide groups is 2. The molecular formula is C25H19BrCl2N2O5. The van der Waals surface area contributed by atoms with Gasteiger partial charge in [0.2, 0.25) is 11.8 Å². The van der Waals surface area contributed by atoms with Gasteiger partial charge in [-0.3, -0.25) is 29.4 Å². The van der Waals surface area contributed by atoms with E-state index in [0.29, 0.717) is 16.5 Å². The van der Waals surface area contributed by atoms with Crippen molar-refractivity contribution in [3.63, 3.8) is 0 Å². The van der Waals surface area contributed by atoms with Gasteiger partial charge in [-0.15, -0.1) is 23.2 Å². The normalized spacial score (nSPS) is 36.1. The molecule has 10 heteroatoms. The van der Waals surface area contributed by atoms with Crippen molar-refractivity contribution in [3.8, 4) is 5.75 Å². The van der Waals surface area contributed by atoms with E-state index in [2.05, 4.69) is 21.2 Å². The third-order valence-corrected chi connectivity index (χ3v) is 10.0. The number of benzene rings is 2. The Bertz CT molecular complexity index is 1400. The number of amides is 4. The van der Waals surface area contributed by atoms with Crippen molar-refractivity contribution in [2.45, 2.75) is 28.5 Å². The van der Waals surface area contributed by atoms with Crippen molar-refractivity contribution in [1.82, 2.24) is 10.2 Å². The molecule has 180 valence electrons.